The number of anilines is 1. The third-order valence-corrected chi connectivity index (χ3v) is 7.17. The van der Waals surface area contributed by atoms with Crippen LogP contribution in [0.15, 0.2) is 51.8 Å². The molecule has 0 spiro atoms. The van der Waals surface area contributed by atoms with Crippen LogP contribution in [0.5, 0.6) is 5.75 Å². The lowest BCUT2D eigenvalue weighted by Crippen LogP contribution is -2.48. The Balaban J connectivity index is 1.76. The lowest BCUT2D eigenvalue weighted by molar-refractivity contribution is 0.383. The second-order valence-corrected chi connectivity index (χ2v) is 9.02. The summed E-state index contributed by atoms with van der Waals surface area (Å²) in [6.07, 6.45) is 0.678. The van der Waals surface area contributed by atoms with Crippen molar-refractivity contribution in [3.8, 4) is 5.75 Å². The zero-order chi connectivity index (χ0) is 18.7. The number of sulfonamides is 1. The van der Waals surface area contributed by atoms with Crippen LogP contribution in [0.25, 0.3) is 0 Å². The van der Waals surface area contributed by atoms with Gasteiger partial charge in [0, 0.05) is 42.4 Å². The number of nitrogens with zero attached hydrogens (tertiary/aromatic N) is 2. The van der Waals surface area contributed by atoms with E-state index in [0.29, 0.717) is 37.5 Å². The van der Waals surface area contributed by atoms with Crippen LogP contribution in [-0.4, -0.2) is 46.0 Å². The van der Waals surface area contributed by atoms with Gasteiger partial charge in [0.1, 0.15) is 5.75 Å². The molecule has 26 heavy (non-hydrogen) atoms. The number of piperazine rings is 1. The number of hydrogen-bond donors (Lipinski definition) is 0. The normalized spacial score (nSPS) is 15.9. The molecule has 0 aliphatic carbocycles. The molecule has 0 N–H and O–H groups in total. The van der Waals surface area contributed by atoms with Crippen LogP contribution in [0.1, 0.15) is 12.5 Å². The average molecular weight is 439 g/mol. The van der Waals surface area contributed by atoms with E-state index in [0.717, 1.165) is 21.5 Å². The van der Waals surface area contributed by atoms with Crippen molar-refractivity contribution in [1.82, 2.24) is 4.31 Å². The molecule has 1 aliphatic rings. The molecule has 140 valence electrons. The maximum Gasteiger partial charge on any atom is 0.243 e. The van der Waals surface area contributed by atoms with Crippen LogP contribution in [0.3, 0.4) is 0 Å². The fraction of sp³-hybridized carbons (Fsp3) is 0.368. The van der Waals surface area contributed by atoms with Crippen LogP contribution in [-0.2, 0) is 16.4 Å². The van der Waals surface area contributed by atoms with Crippen LogP contribution in [0.2, 0.25) is 0 Å². The third-order valence-electron chi connectivity index (χ3n) is 4.68. The standard InChI is InChI=1S/C19H23BrN2O3S/c1-3-15-13-16(20)7-8-19(15)26(23,24)22-11-9-21(10-12-22)17-5-4-6-18(14-17)25-2/h4-8,13-14H,3,9-12H2,1-2H3. The number of rotatable bonds is 5. The smallest absolute Gasteiger partial charge is 0.243 e. The molecule has 0 amide bonds. The highest BCUT2D eigenvalue weighted by Gasteiger charge is 2.30. The summed E-state index contributed by atoms with van der Waals surface area (Å²) in [7, 11) is -1.83. The zero-order valence-electron chi connectivity index (χ0n) is 15.0. The SMILES string of the molecule is CCc1cc(Br)ccc1S(=O)(=O)N1CCN(c2cccc(OC)c2)CC1. The number of ether oxygens (including phenoxy) is 1. The van der Waals surface area contributed by atoms with Gasteiger partial charge < -0.3 is 9.64 Å². The number of hydrogen-bond acceptors (Lipinski definition) is 4. The molecule has 0 aromatic heterocycles. The molecule has 0 atom stereocenters. The Morgan fingerprint density at radius 1 is 1.08 bits per heavy atom. The van der Waals surface area contributed by atoms with Gasteiger partial charge in [0.05, 0.1) is 12.0 Å². The first kappa shape index (κ1) is 19.2. The number of aryl methyl sites for hydroxylation is 1. The molecular weight excluding hydrogens is 416 g/mol. The van der Waals surface area contributed by atoms with Gasteiger partial charge >= 0.3 is 0 Å². The Hall–Kier alpha value is -1.57. The fourth-order valence-corrected chi connectivity index (χ4v) is 5.31. The van der Waals surface area contributed by atoms with Crippen LogP contribution >= 0.6 is 15.9 Å². The molecule has 1 fully saturated rings. The Morgan fingerprint density at radius 2 is 1.81 bits per heavy atom. The van der Waals surface area contributed by atoms with Crippen molar-refractivity contribution in [3.05, 3.63) is 52.5 Å². The lowest BCUT2D eigenvalue weighted by Gasteiger charge is -2.35. The van der Waals surface area contributed by atoms with Gasteiger partial charge in [-0.1, -0.05) is 28.9 Å². The molecule has 2 aromatic rings. The molecule has 1 aliphatic heterocycles. The highest BCUT2D eigenvalue weighted by Crippen LogP contribution is 2.27. The molecule has 0 saturated carbocycles. The van der Waals surface area contributed by atoms with E-state index in [4.69, 9.17) is 4.74 Å². The zero-order valence-corrected chi connectivity index (χ0v) is 17.4. The number of benzene rings is 2. The molecule has 1 heterocycles. The molecule has 1 saturated heterocycles. The second kappa shape index (κ2) is 7.98. The average Bonchev–Trinajstić information content (AvgIpc) is 2.67. The Labute approximate surface area is 163 Å². The van der Waals surface area contributed by atoms with Gasteiger partial charge in [-0.2, -0.15) is 4.31 Å². The molecule has 0 unspecified atom stereocenters. The van der Waals surface area contributed by atoms with E-state index >= 15 is 0 Å². The second-order valence-electron chi connectivity index (χ2n) is 6.20. The van der Waals surface area contributed by atoms with E-state index in [2.05, 4.69) is 20.8 Å². The van der Waals surface area contributed by atoms with Crippen molar-refractivity contribution in [1.29, 1.82) is 0 Å². The predicted octanol–water partition coefficient (Wildman–Crippen LogP) is 3.53. The summed E-state index contributed by atoms with van der Waals surface area (Å²) >= 11 is 3.42. The maximum atomic E-state index is 13.1. The first-order valence-electron chi connectivity index (χ1n) is 8.63. The molecule has 3 rings (SSSR count). The minimum absolute atomic E-state index is 0.415. The van der Waals surface area contributed by atoms with Crippen molar-refractivity contribution in [2.75, 3.05) is 38.2 Å². The van der Waals surface area contributed by atoms with E-state index in [-0.39, 0.29) is 0 Å². The summed E-state index contributed by atoms with van der Waals surface area (Å²) in [5.74, 6) is 0.806. The van der Waals surface area contributed by atoms with Gasteiger partial charge in [-0.3, -0.25) is 0 Å². The summed E-state index contributed by atoms with van der Waals surface area (Å²) in [6.45, 7) is 4.23. The van der Waals surface area contributed by atoms with Crippen molar-refractivity contribution < 1.29 is 13.2 Å². The Bertz CT molecular complexity index is 878. The number of halogens is 1. The number of methoxy groups -OCH3 is 1. The monoisotopic (exact) mass is 438 g/mol. The van der Waals surface area contributed by atoms with E-state index in [9.17, 15) is 8.42 Å². The lowest BCUT2D eigenvalue weighted by atomic mass is 10.2. The van der Waals surface area contributed by atoms with Gasteiger partial charge in [-0.15, -0.1) is 0 Å². The topological polar surface area (TPSA) is 49.9 Å². The Kier molecular flexibility index (Phi) is 5.89. The molecule has 2 aromatic carbocycles. The summed E-state index contributed by atoms with van der Waals surface area (Å²) in [5, 5.41) is 0. The molecule has 5 nitrogen and oxygen atoms in total. The first-order valence-corrected chi connectivity index (χ1v) is 10.9. The van der Waals surface area contributed by atoms with Gasteiger partial charge in [-0.05, 0) is 42.3 Å². The molecular formula is C19H23BrN2O3S. The third kappa shape index (κ3) is 3.89. The van der Waals surface area contributed by atoms with Gasteiger partial charge in [0.2, 0.25) is 10.0 Å². The van der Waals surface area contributed by atoms with Gasteiger partial charge in [-0.25, -0.2) is 8.42 Å². The molecule has 7 heteroatoms. The Morgan fingerprint density at radius 3 is 2.46 bits per heavy atom. The minimum atomic E-state index is -3.48. The van der Waals surface area contributed by atoms with Crippen molar-refractivity contribution in [3.63, 3.8) is 0 Å². The van der Waals surface area contributed by atoms with Crippen LogP contribution in [0, 0.1) is 0 Å². The van der Waals surface area contributed by atoms with Crippen molar-refractivity contribution in [2.24, 2.45) is 0 Å². The quantitative estimate of drug-likeness (QED) is 0.716. The van der Waals surface area contributed by atoms with Crippen molar-refractivity contribution in [2.45, 2.75) is 18.2 Å². The van der Waals surface area contributed by atoms with Gasteiger partial charge in [0.15, 0.2) is 0 Å². The van der Waals surface area contributed by atoms with E-state index in [1.54, 1.807) is 23.5 Å². The van der Waals surface area contributed by atoms with Crippen LogP contribution < -0.4 is 9.64 Å². The minimum Gasteiger partial charge on any atom is -0.497 e. The van der Waals surface area contributed by atoms with Crippen LogP contribution in [0.4, 0.5) is 5.69 Å². The van der Waals surface area contributed by atoms with E-state index < -0.39 is 10.0 Å². The summed E-state index contributed by atoms with van der Waals surface area (Å²) in [6, 6.07) is 13.2. The van der Waals surface area contributed by atoms with E-state index in [1.165, 1.54) is 0 Å². The van der Waals surface area contributed by atoms with E-state index in [1.807, 2.05) is 37.3 Å². The summed E-state index contributed by atoms with van der Waals surface area (Å²) in [5.41, 5.74) is 1.90. The predicted molar refractivity (Wildman–Crippen MR) is 107 cm³/mol. The first-order chi connectivity index (χ1) is 12.5. The van der Waals surface area contributed by atoms with Crippen molar-refractivity contribution >= 4 is 31.6 Å². The summed E-state index contributed by atoms with van der Waals surface area (Å²) in [4.78, 5) is 2.61. The fourth-order valence-electron chi connectivity index (χ4n) is 3.21. The largest absolute Gasteiger partial charge is 0.497 e. The summed E-state index contributed by atoms with van der Waals surface area (Å²) < 4.78 is 34.0. The highest BCUT2D eigenvalue weighted by molar-refractivity contribution is 9.10. The molecule has 0 bridgehead atoms. The van der Waals surface area contributed by atoms with Gasteiger partial charge in [0.25, 0.3) is 0 Å². The highest BCUT2D eigenvalue weighted by atomic mass is 79.9. The molecule has 0 radical (unpaired) electrons. The maximum absolute atomic E-state index is 13.1.